The third-order valence-corrected chi connectivity index (χ3v) is 1.33. The average molecular weight is 120 g/mol. The van der Waals surface area contributed by atoms with Crippen molar-refractivity contribution in [3.8, 4) is 0 Å². The van der Waals surface area contributed by atoms with Crippen LogP contribution in [-0.2, 0) is 15.6 Å². The zero-order valence-electron chi connectivity index (χ0n) is 4.22. The van der Waals surface area contributed by atoms with Crippen LogP contribution in [0.4, 0.5) is 0 Å². The van der Waals surface area contributed by atoms with E-state index in [1.807, 2.05) is 0 Å². The number of carbonyl (C=O) groups excluding carboxylic acids is 1. The molecule has 0 aromatic heterocycles. The van der Waals surface area contributed by atoms with Gasteiger partial charge >= 0.3 is 0 Å². The Labute approximate surface area is 45.4 Å². The van der Waals surface area contributed by atoms with Crippen LogP contribution in [0.1, 0.15) is 6.42 Å². The lowest BCUT2D eigenvalue weighted by Gasteiger charge is -1.82. The van der Waals surface area contributed by atoms with Crippen molar-refractivity contribution in [2.24, 2.45) is 0 Å². The summed E-state index contributed by atoms with van der Waals surface area (Å²) >= 11 is 0. The van der Waals surface area contributed by atoms with Gasteiger partial charge in [0, 0.05) is 29.2 Å². The molecule has 1 unspecified atom stereocenters. The second-order valence-electron chi connectivity index (χ2n) is 1.23. The first kappa shape index (κ1) is 6.82. The van der Waals surface area contributed by atoms with Gasteiger partial charge < -0.3 is 4.79 Å². The molecule has 0 aromatic rings. The predicted molar refractivity (Wildman–Crippen MR) is 29.6 cm³/mol. The second-order valence-corrected chi connectivity index (χ2v) is 2.79. The van der Waals surface area contributed by atoms with E-state index in [1.165, 1.54) is 0 Å². The summed E-state index contributed by atoms with van der Waals surface area (Å²) in [6.07, 6.45) is 2.79. The highest BCUT2D eigenvalue weighted by Gasteiger charge is 1.85. The first-order valence-electron chi connectivity index (χ1n) is 2.01. The molecule has 1 atom stereocenters. The maximum atomic E-state index is 10.2. The van der Waals surface area contributed by atoms with Gasteiger partial charge in [-0.2, -0.15) is 0 Å². The minimum absolute atomic E-state index is 0.420. The summed E-state index contributed by atoms with van der Waals surface area (Å²) in [5, 5.41) is 0. The molecule has 0 heterocycles. The SMILES string of the molecule is CS(=O)CCC=O. The monoisotopic (exact) mass is 120 g/mol. The van der Waals surface area contributed by atoms with Gasteiger partial charge in [-0.25, -0.2) is 0 Å². The highest BCUT2D eigenvalue weighted by Crippen LogP contribution is 1.76. The largest absolute Gasteiger partial charge is 0.303 e. The Morgan fingerprint density at radius 3 is 2.43 bits per heavy atom. The summed E-state index contributed by atoms with van der Waals surface area (Å²) in [6, 6.07) is 0. The molecule has 2 nitrogen and oxygen atoms in total. The highest BCUT2D eigenvalue weighted by molar-refractivity contribution is 7.84. The number of hydrogen-bond donors (Lipinski definition) is 0. The fourth-order valence-electron chi connectivity index (χ4n) is 0.214. The third kappa shape index (κ3) is 5.82. The zero-order chi connectivity index (χ0) is 5.70. The van der Waals surface area contributed by atoms with E-state index < -0.39 is 10.8 Å². The van der Waals surface area contributed by atoms with Crippen LogP contribution in [0.5, 0.6) is 0 Å². The summed E-state index contributed by atoms with van der Waals surface area (Å²) in [7, 11) is -0.797. The van der Waals surface area contributed by atoms with Gasteiger partial charge in [0.1, 0.15) is 6.29 Å². The Morgan fingerprint density at radius 1 is 1.71 bits per heavy atom. The van der Waals surface area contributed by atoms with E-state index in [0.717, 1.165) is 6.29 Å². The van der Waals surface area contributed by atoms with Crippen molar-refractivity contribution >= 4 is 17.1 Å². The fraction of sp³-hybridized carbons (Fsp3) is 0.750. The third-order valence-electron chi connectivity index (χ3n) is 0.523. The van der Waals surface area contributed by atoms with Crippen molar-refractivity contribution < 1.29 is 9.00 Å². The van der Waals surface area contributed by atoms with E-state index in [9.17, 15) is 9.00 Å². The lowest BCUT2D eigenvalue weighted by Crippen LogP contribution is -1.92. The number of hydrogen-bond acceptors (Lipinski definition) is 2. The molecule has 0 amide bonds. The molecule has 0 saturated carbocycles. The Balaban J connectivity index is 2.97. The van der Waals surface area contributed by atoms with E-state index >= 15 is 0 Å². The van der Waals surface area contributed by atoms with Crippen LogP contribution in [-0.4, -0.2) is 22.5 Å². The molecule has 0 rings (SSSR count). The van der Waals surface area contributed by atoms with E-state index in [2.05, 4.69) is 0 Å². The molecule has 0 N–H and O–H groups in total. The molecule has 0 aliphatic carbocycles. The van der Waals surface area contributed by atoms with Gasteiger partial charge in [-0.3, -0.25) is 4.21 Å². The molecule has 0 bridgehead atoms. The van der Waals surface area contributed by atoms with Crippen LogP contribution in [0.15, 0.2) is 0 Å². The molecule has 3 heteroatoms. The van der Waals surface area contributed by atoms with Gasteiger partial charge in [0.05, 0.1) is 0 Å². The van der Waals surface area contributed by atoms with Crippen LogP contribution in [0, 0.1) is 0 Å². The molecule has 0 fully saturated rings. The summed E-state index contributed by atoms with van der Waals surface area (Å²) in [6.45, 7) is 0. The maximum Gasteiger partial charge on any atom is 0.120 e. The maximum absolute atomic E-state index is 10.2. The molecule has 0 aliphatic heterocycles. The summed E-state index contributed by atoms with van der Waals surface area (Å²) < 4.78 is 10.2. The van der Waals surface area contributed by atoms with Gasteiger partial charge in [0.25, 0.3) is 0 Å². The van der Waals surface area contributed by atoms with Crippen molar-refractivity contribution in [3.63, 3.8) is 0 Å². The van der Waals surface area contributed by atoms with Gasteiger partial charge in [-0.1, -0.05) is 0 Å². The van der Waals surface area contributed by atoms with Crippen LogP contribution < -0.4 is 0 Å². The van der Waals surface area contributed by atoms with Crippen LogP contribution >= 0.6 is 0 Å². The Kier molecular flexibility index (Phi) is 3.89. The Morgan fingerprint density at radius 2 is 2.29 bits per heavy atom. The fourth-order valence-corrected chi connectivity index (χ4v) is 0.642. The average Bonchev–Trinajstić information content (AvgIpc) is 1.61. The van der Waals surface area contributed by atoms with Gasteiger partial charge in [0.15, 0.2) is 0 Å². The zero-order valence-corrected chi connectivity index (χ0v) is 5.03. The van der Waals surface area contributed by atoms with Crippen molar-refractivity contribution in [3.05, 3.63) is 0 Å². The van der Waals surface area contributed by atoms with E-state index in [1.54, 1.807) is 6.26 Å². The predicted octanol–water partition coefficient (Wildman–Crippen LogP) is -0.0461. The number of carbonyl (C=O) groups is 1. The molecule has 7 heavy (non-hydrogen) atoms. The Hall–Kier alpha value is -0.180. The van der Waals surface area contributed by atoms with E-state index in [4.69, 9.17) is 0 Å². The van der Waals surface area contributed by atoms with E-state index in [-0.39, 0.29) is 0 Å². The van der Waals surface area contributed by atoms with Crippen molar-refractivity contribution in [1.29, 1.82) is 0 Å². The minimum Gasteiger partial charge on any atom is -0.303 e. The lowest BCUT2D eigenvalue weighted by atomic mass is 10.6. The van der Waals surface area contributed by atoms with Gasteiger partial charge in [-0.05, 0) is 0 Å². The van der Waals surface area contributed by atoms with Crippen LogP contribution in [0.2, 0.25) is 0 Å². The van der Waals surface area contributed by atoms with Crippen LogP contribution in [0.3, 0.4) is 0 Å². The quantitative estimate of drug-likeness (QED) is 0.489. The molecule has 0 aromatic carbocycles. The highest BCUT2D eigenvalue weighted by atomic mass is 32.2. The van der Waals surface area contributed by atoms with E-state index in [0.29, 0.717) is 12.2 Å². The van der Waals surface area contributed by atoms with Gasteiger partial charge in [-0.15, -0.1) is 0 Å². The molecular formula is C4H8O2S. The topological polar surface area (TPSA) is 34.1 Å². The number of rotatable bonds is 3. The normalized spacial score (nSPS) is 13.3. The second kappa shape index (κ2) is 3.99. The molecule has 0 spiro atoms. The van der Waals surface area contributed by atoms with Crippen molar-refractivity contribution in [1.82, 2.24) is 0 Å². The molecular weight excluding hydrogens is 112 g/mol. The summed E-state index contributed by atoms with van der Waals surface area (Å²) in [5.41, 5.74) is 0. The van der Waals surface area contributed by atoms with Crippen molar-refractivity contribution in [2.45, 2.75) is 6.42 Å². The number of aldehydes is 1. The van der Waals surface area contributed by atoms with Crippen molar-refractivity contribution in [2.75, 3.05) is 12.0 Å². The standard InChI is InChI=1S/C4H8O2S/c1-7(6)4-2-3-5/h3H,2,4H2,1H3. The first-order chi connectivity index (χ1) is 3.27. The minimum atomic E-state index is -0.797. The molecule has 0 saturated heterocycles. The first-order valence-corrected chi connectivity index (χ1v) is 3.73. The smallest absolute Gasteiger partial charge is 0.120 e. The van der Waals surface area contributed by atoms with Crippen LogP contribution in [0.25, 0.3) is 0 Å². The summed E-state index contributed by atoms with van der Waals surface area (Å²) in [4.78, 5) is 9.57. The van der Waals surface area contributed by atoms with Gasteiger partial charge in [0.2, 0.25) is 0 Å². The lowest BCUT2D eigenvalue weighted by molar-refractivity contribution is -0.107. The molecule has 0 radical (unpaired) electrons. The molecule has 0 aliphatic rings. The molecule has 42 valence electrons. The Bertz CT molecular complexity index is 79.8. The summed E-state index contributed by atoms with van der Waals surface area (Å²) in [5.74, 6) is 0.503.